The number of nitrogens with one attached hydrogen (secondary N) is 5. The number of unbranched alkanes of at least 4 members (excludes halogenated alkanes) is 1. The number of ether oxygens (including phenoxy) is 5. The van der Waals surface area contributed by atoms with Gasteiger partial charge in [-0.05, 0) is 131 Å². The highest BCUT2D eigenvalue weighted by Gasteiger charge is 2.38. The molecule has 3 aliphatic heterocycles. The average Bonchev–Trinajstić information content (AvgIpc) is 3.95. The summed E-state index contributed by atoms with van der Waals surface area (Å²) in [7, 11) is 8.10. The van der Waals surface area contributed by atoms with Crippen molar-refractivity contribution in [2.24, 2.45) is 0 Å². The zero-order valence-electron chi connectivity index (χ0n) is 44.9. The number of nitrogens with zero attached hydrogens (tertiary/aromatic N) is 2. The van der Waals surface area contributed by atoms with Crippen LogP contribution < -0.4 is 55.3 Å². The fourth-order valence-corrected chi connectivity index (χ4v) is 9.09. The lowest BCUT2D eigenvalue weighted by Crippen LogP contribution is -2.39. The molecule has 18 nitrogen and oxygen atoms in total. The van der Waals surface area contributed by atoms with E-state index in [2.05, 4.69) is 50.4 Å². The minimum Gasteiger partial charge on any atom is -0.493 e. The van der Waals surface area contributed by atoms with Gasteiger partial charge in [-0.15, -0.1) is 0 Å². The number of carbonyl (C=O) groups excluding carboxylic acids is 6. The summed E-state index contributed by atoms with van der Waals surface area (Å²) in [5.74, 6) is 1.48. The van der Waals surface area contributed by atoms with E-state index in [-0.39, 0.29) is 49.0 Å². The van der Waals surface area contributed by atoms with E-state index >= 15 is 0 Å². The number of amides is 4. The molecule has 8 rings (SSSR count). The summed E-state index contributed by atoms with van der Waals surface area (Å²) >= 11 is 0. The van der Waals surface area contributed by atoms with Crippen LogP contribution >= 0.6 is 0 Å². The predicted molar refractivity (Wildman–Crippen MR) is 294 cm³/mol. The molecule has 0 saturated carbocycles. The Labute approximate surface area is 445 Å². The third kappa shape index (κ3) is 14.6. The van der Waals surface area contributed by atoms with Crippen molar-refractivity contribution < 1.29 is 52.5 Å². The molecule has 2 unspecified atom stereocenters. The van der Waals surface area contributed by atoms with Gasteiger partial charge >= 0.3 is 5.97 Å². The molecule has 5 aromatic carbocycles. The van der Waals surface area contributed by atoms with Crippen LogP contribution in [-0.2, 0) is 54.8 Å². The molecule has 3 aliphatic rings. The van der Waals surface area contributed by atoms with E-state index in [0.29, 0.717) is 84.5 Å². The number of hydrogen-bond acceptors (Lipinski definition) is 14. The molecule has 0 spiro atoms. The van der Waals surface area contributed by atoms with E-state index in [4.69, 9.17) is 18.9 Å². The van der Waals surface area contributed by atoms with Crippen molar-refractivity contribution in [2.75, 3.05) is 67.7 Å². The van der Waals surface area contributed by atoms with Crippen LogP contribution in [0, 0.1) is 6.92 Å². The number of para-hydroxylation sites is 2. The van der Waals surface area contributed by atoms with Gasteiger partial charge in [0.2, 0.25) is 18.2 Å². The first-order valence-corrected chi connectivity index (χ1v) is 25.4. The summed E-state index contributed by atoms with van der Waals surface area (Å²) in [6.45, 7) is 8.46. The van der Waals surface area contributed by atoms with Crippen LogP contribution in [0.1, 0.15) is 84.6 Å². The number of benzene rings is 5. The maximum Gasteiger partial charge on any atom is 0.305 e. The summed E-state index contributed by atoms with van der Waals surface area (Å²) in [6, 6.07) is 28.7. The van der Waals surface area contributed by atoms with Crippen molar-refractivity contribution in [2.45, 2.75) is 104 Å². The number of methoxy groups -OCH3 is 3. The van der Waals surface area contributed by atoms with Crippen molar-refractivity contribution in [3.63, 3.8) is 0 Å². The lowest BCUT2D eigenvalue weighted by atomic mass is 10.1. The smallest absolute Gasteiger partial charge is 0.305 e. The zero-order valence-corrected chi connectivity index (χ0v) is 44.9. The van der Waals surface area contributed by atoms with Gasteiger partial charge in [0, 0.05) is 67.4 Å². The third-order valence-electron chi connectivity index (χ3n) is 13.3. The molecule has 5 N–H and O–H groups in total. The Hall–Kier alpha value is -8.12. The maximum atomic E-state index is 13.9. The second-order valence-corrected chi connectivity index (χ2v) is 18.7. The van der Waals surface area contributed by atoms with Gasteiger partial charge in [-0.2, -0.15) is 0 Å². The predicted octanol–water partition coefficient (Wildman–Crippen LogP) is 7.77. The average molecular weight is 1040 g/mol. The van der Waals surface area contributed by atoms with Gasteiger partial charge in [0.1, 0.15) is 19.5 Å². The maximum absolute atomic E-state index is 13.9. The second-order valence-electron chi connectivity index (χ2n) is 18.7. The Kier molecular flexibility index (Phi) is 20.6. The highest BCUT2D eigenvalue weighted by atomic mass is 16.5. The van der Waals surface area contributed by atoms with Crippen LogP contribution in [-0.4, -0.2) is 103 Å². The summed E-state index contributed by atoms with van der Waals surface area (Å²) in [5, 5.41) is 15.1. The number of carbonyl (C=O) groups is 6. The molecule has 0 radical (unpaired) electrons. The molecule has 0 saturated heterocycles. The molecule has 0 fully saturated rings. The van der Waals surface area contributed by atoms with Crippen LogP contribution in [0.15, 0.2) is 91.0 Å². The molecular formula is C58H71N7O11. The SMILES string of the molecule is CNc1cc(OCc2cc(COc3cc4c(cc3OC)C(=O)N3c5ccccc5CC3CN4)cc(NC(=O)C(C)NC)c2)c(OC)cc1C.COC(=O)CCCCC(=O)N[C@@H](C)C=O.C[C@@H]1Cc2ccccc2N1C=O. The Balaban J connectivity index is 0.000000281. The topological polar surface area (TPSA) is 215 Å². The summed E-state index contributed by atoms with van der Waals surface area (Å²) in [6.07, 6.45) is 5.25. The molecule has 0 aliphatic carbocycles. The number of aryl methyl sites for hydroxylation is 1. The molecule has 0 aromatic heterocycles. The van der Waals surface area contributed by atoms with Gasteiger partial charge in [0.05, 0.1) is 50.7 Å². The highest BCUT2D eigenvalue weighted by molar-refractivity contribution is 6.12. The van der Waals surface area contributed by atoms with Gasteiger partial charge in [0.15, 0.2) is 23.0 Å². The number of aldehydes is 1. The third-order valence-corrected chi connectivity index (χ3v) is 13.3. The largest absolute Gasteiger partial charge is 0.493 e. The van der Waals surface area contributed by atoms with E-state index in [1.54, 1.807) is 46.1 Å². The molecule has 4 amide bonds. The Bertz CT molecular complexity index is 2860. The van der Waals surface area contributed by atoms with Crippen LogP contribution in [0.4, 0.5) is 28.4 Å². The Morgan fingerprint density at radius 1 is 0.776 bits per heavy atom. The van der Waals surface area contributed by atoms with Gasteiger partial charge in [-0.1, -0.05) is 36.4 Å². The van der Waals surface area contributed by atoms with Crippen LogP contribution in [0.3, 0.4) is 0 Å². The second kappa shape index (κ2) is 27.4. The summed E-state index contributed by atoms with van der Waals surface area (Å²) in [4.78, 5) is 73.1. The molecule has 5 aromatic rings. The molecule has 18 heteroatoms. The van der Waals surface area contributed by atoms with E-state index < -0.39 is 6.04 Å². The lowest BCUT2D eigenvalue weighted by Gasteiger charge is -2.22. The van der Waals surface area contributed by atoms with Crippen molar-refractivity contribution in [3.05, 3.63) is 124 Å². The summed E-state index contributed by atoms with van der Waals surface area (Å²) < 4.78 is 28.3. The molecule has 4 atom stereocenters. The molecule has 404 valence electrons. The van der Waals surface area contributed by atoms with Crippen LogP contribution in [0.5, 0.6) is 23.0 Å². The normalized spacial score (nSPS) is 15.4. The lowest BCUT2D eigenvalue weighted by molar-refractivity contribution is -0.140. The fourth-order valence-electron chi connectivity index (χ4n) is 9.09. The van der Waals surface area contributed by atoms with Crippen LogP contribution in [0.25, 0.3) is 0 Å². The monoisotopic (exact) mass is 1040 g/mol. The van der Waals surface area contributed by atoms with Crippen molar-refractivity contribution in [1.82, 2.24) is 10.6 Å². The number of hydrogen-bond donors (Lipinski definition) is 5. The van der Waals surface area contributed by atoms with E-state index in [1.165, 1.54) is 18.2 Å². The standard InChI is InChI=1S/C38H43N5O6.C10H17NO4.C10H11NO/c1-22-11-33(46-5)35(17-30(22)40-4)48-20-24-12-25(14-27(13-24)42-37(44)23(2)39-3)21-49-36-18-31-29(16-34(36)47-6)38(45)43-28(19-41-31)15-26-9-7-8-10-32(26)43;1-8(7-12)11-9(13)5-3-4-6-10(14)15-2;1-8-6-9-4-2-3-5-10(9)11(8)7-12/h7-14,16-18,23,28,39-41H,15,19-21H2,1-6H3,(H,42,44);7-8H,3-6H2,1-2H3,(H,11,13);2-5,7-8H,6H2,1H3/t;2*8-/m.01/s1. The molecule has 3 heterocycles. The van der Waals surface area contributed by atoms with Gasteiger partial charge in [0.25, 0.3) is 5.91 Å². The van der Waals surface area contributed by atoms with Crippen molar-refractivity contribution in [1.29, 1.82) is 0 Å². The number of fused-ring (bicyclic) bond motifs is 5. The van der Waals surface area contributed by atoms with E-state index in [0.717, 1.165) is 53.0 Å². The highest BCUT2D eigenvalue weighted by Crippen LogP contribution is 2.41. The zero-order chi connectivity index (χ0) is 54.9. The number of anilines is 5. The van der Waals surface area contributed by atoms with E-state index in [1.807, 2.05) is 91.7 Å². The molecule has 0 bridgehead atoms. The first-order chi connectivity index (χ1) is 36.6. The molecule has 76 heavy (non-hydrogen) atoms. The van der Waals surface area contributed by atoms with Crippen LogP contribution in [0.2, 0.25) is 0 Å². The van der Waals surface area contributed by atoms with Crippen molar-refractivity contribution >= 4 is 64.8 Å². The first kappa shape index (κ1) is 57.2. The van der Waals surface area contributed by atoms with E-state index in [9.17, 15) is 28.8 Å². The minimum absolute atomic E-state index is 0.0154. The number of likely N-dealkylation sites (N-methyl/N-ethyl adjacent to an activating group) is 1. The summed E-state index contributed by atoms with van der Waals surface area (Å²) in [5.41, 5.74) is 9.89. The minimum atomic E-state index is -0.446. The van der Waals surface area contributed by atoms with Crippen molar-refractivity contribution in [3.8, 4) is 23.0 Å². The van der Waals surface area contributed by atoms with Gasteiger partial charge < -0.3 is 64.9 Å². The fraction of sp³-hybridized carbons (Fsp3) is 0.379. The Morgan fingerprint density at radius 2 is 1.39 bits per heavy atom. The van der Waals surface area contributed by atoms with Gasteiger partial charge in [-0.25, -0.2) is 0 Å². The van der Waals surface area contributed by atoms with Gasteiger partial charge in [-0.3, -0.25) is 24.0 Å². The number of rotatable bonds is 20. The quantitative estimate of drug-likeness (QED) is 0.0286. The molecular weight excluding hydrogens is 971 g/mol. The Morgan fingerprint density at radius 3 is 2.01 bits per heavy atom. The first-order valence-electron chi connectivity index (χ1n) is 25.4. The number of esters is 1.